The highest BCUT2D eigenvalue weighted by atomic mass is 16.2. The first-order valence-corrected chi connectivity index (χ1v) is 9.57. The van der Waals surface area contributed by atoms with Gasteiger partial charge in [0.05, 0.1) is 0 Å². The van der Waals surface area contributed by atoms with Gasteiger partial charge in [0.1, 0.15) is 12.1 Å². The molecule has 1 heterocycles. The fourth-order valence-corrected chi connectivity index (χ4v) is 3.92. The summed E-state index contributed by atoms with van der Waals surface area (Å²) in [7, 11) is 0. The average molecular weight is 357 g/mol. The topological polar surface area (TPSA) is 78.5 Å². The summed E-state index contributed by atoms with van der Waals surface area (Å²) in [5.41, 5.74) is 0.957. The van der Waals surface area contributed by atoms with E-state index in [-0.39, 0.29) is 18.4 Å². The van der Waals surface area contributed by atoms with Crippen molar-refractivity contribution in [2.45, 2.75) is 57.4 Å². The average Bonchev–Trinajstić information content (AvgIpc) is 2.78. The van der Waals surface area contributed by atoms with Crippen molar-refractivity contribution < 1.29 is 14.4 Å². The summed E-state index contributed by atoms with van der Waals surface area (Å²) in [6.45, 7) is 2.45. The number of imide groups is 1. The number of carbonyl (C=O) groups is 3. The molecule has 0 radical (unpaired) electrons. The lowest BCUT2D eigenvalue weighted by atomic mass is 9.84. The zero-order valence-corrected chi connectivity index (χ0v) is 15.3. The number of hydrogen-bond donors (Lipinski definition) is 2. The second-order valence-corrected chi connectivity index (χ2v) is 7.15. The van der Waals surface area contributed by atoms with Gasteiger partial charge in [-0.05, 0) is 43.2 Å². The SMILES string of the molecule is CCCCCNC(=O)CN1C(=O)N[C@@]2(CCCCc3ccccc32)C1=O. The quantitative estimate of drug-likeness (QED) is 0.606. The van der Waals surface area contributed by atoms with Crippen LogP contribution < -0.4 is 10.6 Å². The van der Waals surface area contributed by atoms with Gasteiger partial charge in [0.2, 0.25) is 5.91 Å². The predicted molar refractivity (Wildman–Crippen MR) is 98.5 cm³/mol. The van der Waals surface area contributed by atoms with E-state index in [1.165, 1.54) is 0 Å². The lowest BCUT2D eigenvalue weighted by Crippen LogP contribution is -2.45. The second kappa shape index (κ2) is 7.89. The number of amides is 4. The van der Waals surface area contributed by atoms with Crippen LogP contribution in [0.3, 0.4) is 0 Å². The Morgan fingerprint density at radius 2 is 2.04 bits per heavy atom. The Hall–Kier alpha value is -2.37. The van der Waals surface area contributed by atoms with E-state index in [1.54, 1.807) is 0 Å². The fourth-order valence-electron chi connectivity index (χ4n) is 3.92. The lowest BCUT2D eigenvalue weighted by molar-refractivity contribution is -0.135. The van der Waals surface area contributed by atoms with Gasteiger partial charge in [0.15, 0.2) is 0 Å². The van der Waals surface area contributed by atoms with Crippen molar-refractivity contribution in [1.29, 1.82) is 0 Å². The number of nitrogens with one attached hydrogen (secondary N) is 2. The molecule has 26 heavy (non-hydrogen) atoms. The van der Waals surface area contributed by atoms with E-state index in [4.69, 9.17) is 0 Å². The molecule has 0 bridgehead atoms. The van der Waals surface area contributed by atoms with Crippen LogP contribution in [0.4, 0.5) is 4.79 Å². The first kappa shape index (κ1) is 18.4. The summed E-state index contributed by atoms with van der Waals surface area (Å²) in [5.74, 6) is -0.593. The molecule has 0 saturated carbocycles. The van der Waals surface area contributed by atoms with Gasteiger partial charge in [-0.25, -0.2) is 4.79 Å². The summed E-state index contributed by atoms with van der Waals surface area (Å²) >= 11 is 0. The fraction of sp³-hybridized carbons (Fsp3) is 0.550. The summed E-state index contributed by atoms with van der Waals surface area (Å²) in [6.07, 6.45) is 6.34. The maximum absolute atomic E-state index is 13.2. The smallest absolute Gasteiger partial charge is 0.325 e. The van der Waals surface area contributed by atoms with Crippen molar-refractivity contribution in [2.75, 3.05) is 13.1 Å². The van der Waals surface area contributed by atoms with E-state index in [2.05, 4.69) is 17.6 Å². The Morgan fingerprint density at radius 1 is 1.23 bits per heavy atom. The normalized spacial score (nSPS) is 22.1. The van der Waals surface area contributed by atoms with Crippen LogP contribution in [0, 0.1) is 0 Å². The van der Waals surface area contributed by atoms with Crippen LogP contribution in [0.15, 0.2) is 24.3 Å². The zero-order chi connectivity index (χ0) is 18.6. The molecule has 4 amide bonds. The number of unbranched alkanes of at least 4 members (excludes halogenated alkanes) is 2. The van der Waals surface area contributed by atoms with Gasteiger partial charge in [-0.15, -0.1) is 0 Å². The number of benzene rings is 1. The van der Waals surface area contributed by atoms with Gasteiger partial charge in [-0.1, -0.05) is 44.0 Å². The molecule has 0 aromatic heterocycles. The van der Waals surface area contributed by atoms with Crippen LogP contribution in [0.1, 0.15) is 56.6 Å². The minimum atomic E-state index is -1.02. The Balaban J connectivity index is 1.76. The Labute approximate surface area is 154 Å². The Bertz CT molecular complexity index is 703. The van der Waals surface area contributed by atoms with Crippen molar-refractivity contribution in [3.8, 4) is 0 Å². The summed E-state index contributed by atoms with van der Waals surface area (Å²) < 4.78 is 0. The van der Waals surface area contributed by atoms with Crippen LogP contribution in [-0.2, 0) is 21.5 Å². The molecule has 6 heteroatoms. The zero-order valence-electron chi connectivity index (χ0n) is 15.3. The van der Waals surface area contributed by atoms with E-state index in [1.807, 2.05) is 24.3 Å². The summed E-state index contributed by atoms with van der Waals surface area (Å²) in [6, 6.07) is 7.32. The van der Waals surface area contributed by atoms with Gasteiger partial charge in [0, 0.05) is 6.54 Å². The monoisotopic (exact) mass is 357 g/mol. The molecule has 1 aromatic rings. The first-order valence-electron chi connectivity index (χ1n) is 9.57. The van der Waals surface area contributed by atoms with Crippen LogP contribution in [0.25, 0.3) is 0 Å². The van der Waals surface area contributed by atoms with Gasteiger partial charge in [-0.2, -0.15) is 0 Å². The van der Waals surface area contributed by atoms with Gasteiger partial charge < -0.3 is 10.6 Å². The maximum Gasteiger partial charge on any atom is 0.325 e. The number of rotatable bonds is 6. The second-order valence-electron chi connectivity index (χ2n) is 7.15. The molecule has 6 nitrogen and oxygen atoms in total. The number of urea groups is 1. The van der Waals surface area contributed by atoms with Crippen LogP contribution in [0.2, 0.25) is 0 Å². The molecule has 0 unspecified atom stereocenters. The minimum Gasteiger partial charge on any atom is -0.355 e. The molecule has 3 rings (SSSR count). The molecule has 2 aliphatic rings. The Kier molecular flexibility index (Phi) is 5.59. The third kappa shape index (κ3) is 3.45. The van der Waals surface area contributed by atoms with Crippen molar-refractivity contribution in [3.05, 3.63) is 35.4 Å². The molecule has 1 saturated heterocycles. The number of carbonyl (C=O) groups excluding carboxylic acids is 3. The Morgan fingerprint density at radius 3 is 2.85 bits per heavy atom. The summed E-state index contributed by atoms with van der Waals surface area (Å²) in [4.78, 5) is 38.9. The van der Waals surface area contributed by atoms with Crippen molar-refractivity contribution in [3.63, 3.8) is 0 Å². The lowest BCUT2D eigenvalue weighted by Gasteiger charge is -2.27. The molecular formula is C20H27N3O3. The minimum absolute atomic E-state index is 0.222. The molecule has 1 fully saturated rings. The molecule has 140 valence electrons. The molecule has 1 aromatic carbocycles. The van der Waals surface area contributed by atoms with Crippen LogP contribution in [-0.4, -0.2) is 35.8 Å². The third-order valence-corrected chi connectivity index (χ3v) is 5.30. The van der Waals surface area contributed by atoms with Crippen LogP contribution >= 0.6 is 0 Å². The highest BCUT2D eigenvalue weighted by Gasteiger charge is 2.53. The van der Waals surface area contributed by atoms with Gasteiger partial charge in [-0.3, -0.25) is 14.5 Å². The van der Waals surface area contributed by atoms with Crippen molar-refractivity contribution in [2.24, 2.45) is 0 Å². The van der Waals surface area contributed by atoms with Gasteiger partial charge >= 0.3 is 6.03 Å². The van der Waals surface area contributed by atoms with E-state index < -0.39 is 11.6 Å². The maximum atomic E-state index is 13.2. The number of hydrogen-bond acceptors (Lipinski definition) is 3. The number of nitrogens with zero attached hydrogens (tertiary/aromatic N) is 1. The molecule has 1 spiro atoms. The number of aryl methyl sites for hydroxylation is 1. The summed E-state index contributed by atoms with van der Waals surface area (Å²) in [5, 5.41) is 5.70. The van der Waals surface area contributed by atoms with E-state index in [0.29, 0.717) is 13.0 Å². The van der Waals surface area contributed by atoms with E-state index >= 15 is 0 Å². The van der Waals surface area contributed by atoms with E-state index in [9.17, 15) is 14.4 Å². The molecular weight excluding hydrogens is 330 g/mol. The first-order chi connectivity index (χ1) is 12.6. The predicted octanol–water partition coefficient (Wildman–Crippen LogP) is 2.47. The molecule has 2 N–H and O–H groups in total. The van der Waals surface area contributed by atoms with Crippen molar-refractivity contribution in [1.82, 2.24) is 15.5 Å². The molecule has 1 atom stereocenters. The molecule has 1 aliphatic heterocycles. The standard InChI is InChI=1S/C20H27N3O3/c1-2-3-8-13-21-17(24)14-23-18(25)20(22-19(23)26)12-7-6-10-15-9-4-5-11-16(15)20/h4-5,9,11H,2-3,6-8,10,12-14H2,1H3,(H,21,24)(H,22,26)/t20-/m1/s1. The number of fused-ring (bicyclic) bond motifs is 2. The van der Waals surface area contributed by atoms with Crippen LogP contribution in [0.5, 0.6) is 0 Å². The molecule has 1 aliphatic carbocycles. The third-order valence-electron chi connectivity index (χ3n) is 5.30. The van der Waals surface area contributed by atoms with E-state index in [0.717, 1.165) is 54.6 Å². The highest BCUT2D eigenvalue weighted by molar-refractivity contribution is 6.09. The van der Waals surface area contributed by atoms with Crippen molar-refractivity contribution >= 4 is 17.8 Å². The largest absolute Gasteiger partial charge is 0.355 e. The van der Waals surface area contributed by atoms with Gasteiger partial charge in [0.25, 0.3) is 5.91 Å². The highest BCUT2D eigenvalue weighted by Crippen LogP contribution is 2.38.